The zero-order valence-corrected chi connectivity index (χ0v) is 16.4. The first-order valence-corrected chi connectivity index (χ1v) is 9.83. The van der Waals surface area contributed by atoms with E-state index in [1.165, 1.54) is 16.2 Å². The highest BCUT2D eigenvalue weighted by molar-refractivity contribution is 7.12. The minimum atomic E-state index is -0.725. The van der Waals surface area contributed by atoms with Crippen molar-refractivity contribution in [3.8, 4) is 5.75 Å². The van der Waals surface area contributed by atoms with Crippen molar-refractivity contribution in [3.05, 3.63) is 93.6 Å². The number of carbonyl (C=O) groups excluding carboxylic acids is 2. The summed E-state index contributed by atoms with van der Waals surface area (Å²) >= 11 is 1.27. The molecule has 0 bridgehead atoms. The van der Waals surface area contributed by atoms with E-state index in [0.717, 1.165) is 5.56 Å². The zero-order valence-electron chi connectivity index (χ0n) is 15.6. The molecule has 29 heavy (non-hydrogen) atoms. The number of ether oxygens (including phenoxy) is 1. The average Bonchev–Trinajstić information content (AvgIpc) is 3.37. The van der Waals surface area contributed by atoms with Gasteiger partial charge >= 0.3 is 0 Å². The molecular formula is C22H18N2O4S. The van der Waals surface area contributed by atoms with Gasteiger partial charge < -0.3 is 14.7 Å². The molecule has 0 aliphatic carbocycles. The second-order valence-corrected chi connectivity index (χ2v) is 7.49. The molecule has 1 amide bonds. The van der Waals surface area contributed by atoms with Crippen LogP contribution in [0, 0.1) is 0 Å². The van der Waals surface area contributed by atoms with Crippen LogP contribution < -0.4 is 4.74 Å². The second kappa shape index (κ2) is 7.89. The lowest BCUT2D eigenvalue weighted by Gasteiger charge is -2.26. The Morgan fingerprint density at radius 1 is 1.24 bits per heavy atom. The minimum Gasteiger partial charge on any atom is -0.503 e. The highest BCUT2D eigenvalue weighted by Crippen LogP contribution is 2.40. The molecule has 1 unspecified atom stereocenters. The first-order valence-electron chi connectivity index (χ1n) is 8.95. The van der Waals surface area contributed by atoms with Gasteiger partial charge in [-0.15, -0.1) is 11.3 Å². The largest absolute Gasteiger partial charge is 0.503 e. The van der Waals surface area contributed by atoms with E-state index in [1.807, 2.05) is 24.3 Å². The molecule has 2 aromatic heterocycles. The van der Waals surface area contributed by atoms with Crippen LogP contribution in [0.1, 0.15) is 26.8 Å². The number of ketones is 1. The molecule has 0 fully saturated rings. The fraction of sp³-hybridized carbons (Fsp3) is 0.136. The molecule has 4 rings (SSSR count). The molecule has 3 aromatic rings. The van der Waals surface area contributed by atoms with Crippen molar-refractivity contribution in [2.75, 3.05) is 7.11 Å². The molecule has 1 atom stereocenters. The number of aliphatic hydroxyl groups excluding tert-OH is 1. The van der Waals surface area contributed by atoms with E-state index in [1.54, 1.807) is 49.1 Å². The van der Waals surface area contributed by atoms with Gasteiger partial charge in [-0.1, -0.05) is 24.3 Å². The topological polar surface area (TPSA) is 79.7 Å². The van der Waals surface area contributed by atoms with E-state index in [4.69, 9.17) is 4.74 Å². The summed E-state index contributed by atoms with van der Waals surface area (Å²) in [5.41, 5.74) is 1.56. The van der Waals surface area contributed by atoms with E-state index < -0.39 is 17.7 Å². The van der Waals surface area contributed by atoms with Crippen LogP contribution in [-0.2, 0) is 11.3 Å². The van der Waals surface area contributed by atoms with Crippen molar-refractivity contribution in [1.82, 2.24) is 9.88 Å². The Balaban J connectivity index is 1.77. The molecule has 1 aliphatic heterocycles. The van der Waals surface area contributed by atoms with E-state index in [9.17, 15) is 14.7 Å². The molecule has 0 radical (unpaired) electrons. The maximum Gasteiger partial charge on any atom is 0.290 e. The molecule has 146 valence electrons. The SMILES string of the molecule is COc1cccc(CN2C(=O)C(O)=C(C(=O)c3cccs3)C2c2cccnc2)c1. The van der Waals surface area contributed by atoms with Gasteiger partial charge in [0.05, 0.1) is 23.6 Å². The number of hydrogen-bond acceptors (Lipinski definition) is 6. The number of rotatable bonds is 6. The monoisotopic (exact) mass is 406 g/mol. The smallest absolute Gasteiger partial charge is 0.290 e. The Morgan fingerprint density at radius 3 is 2.79 bits per heavy atom. The number of aromatic nitrogens is 1. The molecule has 3 heterocycles. The van der Waals surface area contributed by atoms with Gasteiger partial charge in [-0.3, -0.25) is 14.6 Å². The summed E-state index contributed by atoms with van der Waals surface area (Å²) in [4.78, 5) is 32.2. The van der Waals surface area contributed by atoms with E-state index >= 15 is 0 Å². The number of amides is 1. The van der Waals surface area contributed by atoms with E-state index in [2.05, 4.69) is 4.98 Å². The summed E-state index contributed by atoms with van der Waals surface area (Å²) in [5.74, 6) is -0.784. The Labute approximate surface area is 171 Å². The van der Waals surface area contributed by atoms with Crippen LogP contribution in [0.3, 0.4) is 0 Å². The van der Waals surface area contributed by atoms with Crippen LogP contribution in [0.2, 0.25) is 0 Å². The number of aliphatic hydroxyl groups is 1. The van der Waals surface area contributed by atoms with Crippen LogP contribution in [0.25, 0.3) is 0 Å². The molecule has 7 heteroatoms. The maximum atomic E-state index is 13.1. The minimum absolute atomic E-state index is 0.0772. The predicted molar refractivity (Wildman–Crippen MR) is 109 cm³/mol. The number of thiophene rings is 1. The van der Waals surface area contributed by atoms with Gasteiger partial charge in [0.2, 0.25) is 5.78 Å². The zero-order chi connectivity index (χ0) is 20.4. The number of carbonyl (C=O) groups is 2. The standard InChI is InChI=1S/C22H18N2O4S/c1-28-16-7-2-5-14(11-16)13-24-19(15-6-3-9-23-12-15)18(21(26)22(24)27)20(25)17-8-4-10-29-17/h2-12,19,26H,13H2,1H3. The lowest BCUT2D eigenvalue weighted by Crippen LogP contribution is -2.30. The molecular weight excluding hydrogens is 388 g/mol. The molecule has 1 N–H and O–H groups in total. The first-order chi connectivity index (χ1) is 14.1. The maximum absolute atomic E-state index is 13.1. The lowest BCUT2D eigenvalue weighted by molar-refractivity contribution is -0.130. The first kappa shape index (κ1) is 18.9. The van der Waals surface area contributed by atoms with Crippen LogP contribution in [-0.4, -0.2) is 33.8 Å². The Kier molecular flexibility index (Phi) is 5.14. The van der Waals surface area contributed by atoms with Gasteiger partial charge in [0, 0.05) is 18.9 Å². The quantitative estimate of drug-likeness (QED) is 0.628. The fourth-order valence-electron chi connectivity index (χ4n) is 3.44. The number of pyridine rings is 1. The highest BCUT2D eigenvalue weighted by atomic mass is 32.1. The summed E-state index contributed by atoms with van der Waals surface area (Å²) in [5, 5.41) is 12.4. The summed E-state index contributed by atoms with van der Waals surface area (Å²) < 4.78 is 5.26. The van der Waals surface area contributed by atoms with Gasteiger partial charge in [-0.05, 0) is 40.8 Å². The number of benzene rings is 1. The van der Waals surface area contributed by atoms with Gasteiger partial charge in [0.15, 0.2) is 5.76 Å². The van der Waals surface area contributed by atoms with Crippen LogP contribution in [0.15, 0.2) is 77.6 Å². The van der Waals surface area contributed by atoms with Crippen LogP contribution in [0.4, 0.5) is 0 Å². The van der Waals surface area contributed by atoms with Crippen molar-refractivity contribution in [3.63, 3.8) is 0 Å². The summed E-state index contributed by atoms with van der Waals surface area (Å²) in [6.07, 6.45) is 3.23. The third-order valence-corrected chi connectivity index (χ3v) is 5.65. The van der Waals surface area contributed by atoms with Gasteiger partial charge in [0.25, 0.3) is 5.91 Å². The third-order valence-electron chi connectivity index (χ3n) is 4.78. The van der Waals surface area contributed by atoms with Crippen LogP contribution in [0.5, 0.6) is 5.75 Å². The summed E-state index contributed by atoms with van der Waals surface area (Å²) in [6.45, 7) is 0.209. The molecule has 0 saturated heterocycles. The van der Waals surface area contributed by atoms with Gasteiger partial charge in [-0.25, -0.2) is 0 Å². The summed E-state index contributed by atoms with van der Waals surface area (Å²) in [7, 11) is 1.57. The molecule has 1 aromatic carbocycles. The molecule has 0 saturated carbocycles. The van der Waals surface area contributed by atoms with Crippen molar-refractivity contribution in [1.29, 1.82) is 0 Å². The number of nitrogens with zero attached hydrogens (tertiary/aromatic N) is 2. The van der Waals surface area contributed by atoms with Gasteiger partial charge in [-0.2, -0.15) is 0 Å². The molecule has 6 nitrogen and oxygen atoms in total. The number of hydrogen-bond donors (Lipinski definition) is 1. The van der Waals surface area contributed by atoms with Crippen molar-refractivity contribution in [2.45, 2.75) is 12.6 Å². The average molecular weight is 406 g/mol. The molecule has 0 spiro atoms. The Hall–Kier alpha value is -3.45. The van der Waals surface area contributed by atoms with Crippen molar-refractivity contribution < 1.29 is 19.4 Å². The van der Waals surface area contributed by atoms with Crippen molar-refractivity contribution in [2.24, 2.45) is 0 Å². The lowest BCUT2D eigenvalue weighted by atomic mass is 9.96. The fourth-order valence-corrected chi connectivity index (χ4v) is 4.12. The van der Waals surface area contributed by atoms with E-state index in [0.29, 0.717) is 16.2 Å². The highest BCUT2D eigenvalue weighted by Gasteiger charge is 2.44. The van der Waals surface area contributed by atoms with Crippen LogP contribution >= 0.6 is 11.3 Å². The third kappa shape index (κ3) is 3.52. The van der Waals surface area contributed by atoms with Gasteiger partial charge in [0.1, 0.15) is 5.75 Å². The Bertz CT molecular complexity index is 1080. The second-order valence-electron chi connectivity index (χ2n) is 6.54. The predicted octanol–water partition coefficient (Wildman–Crippen LogP) is 3.93. The normalized spacial score (nSPS) is 16.4. The molecule has 1 aliphatic rings. The number of methoxy groups -OCH3 is 1. The summed E-state index contributed by atoms with van der Waals surface area (Å²) in [6, 6.07) is 13.6. The van der Waals surface area contributed by atoms with Crippen molar-refractivity contribution >= 4 is 23.0 Å². The van der Waals surface area contributed by atoms with E-state index in [-0.39, 0.29) is 17.9 Å². The Morgan fingerprint density at radius 2 is 2.10 bits per heavy atom. The number of Topliss-reactive ketones (excluding diaryl/α,β-unsaturated/α-hetero) is 1.